The summed E-state index contributed by atoms with van der Waals surface area (Å²) in [5, 5.41) is 9.55. The first-order valence-corrected chi connectivity index (χ1v) is 12.0. The number of benzene rings is 2. The lowest BCUT2D eigenvalue weighted by Gasteiger charge is -2.33. The van der Waals surface area contributed by atoms with Crippen LogP contribution in [0.25, 0.3) is 11.4 Å². The normalized spacial score (nSPS) is 17.1. The summed E-state index contributed by atoms with van der Waals surface area (Å²) in [5.41, 5.74) is 7.99. The summed E-state index contributed by atoms with van der Waals surface area (Å²) in [6.07, 6.45) is 1.78. The molecule has 9 heteroatoms. The fraction of sp³-hybridized carbons (Fsp3) is 0.200. The van der Waals surface area contributed by atoms with E-state index in [4.69, 9.17) is 11.6 Å². The van der Waals surface area contributed by atoms with E-state index >= 15 is 0 Å². The predicted molar refractivity (Wildman–Crippen MR) is 136 cm³/mol. The molecule has 0 fully saturated rings. The third-order valence-corrected chi connectivity index (χ3v) is 7.23. The van der Waals surface area contributed by atoms with Crippen LogP contribution in [0.3, 0.4) is 0 Å². The van der Waals surface area contributed by atoms with Crippen LogP contribution in [0, 0.1) is 6.92 Å². The molecule has 2 atom stereocenters. The number of anilines is 1. The Morgan fingerprint density at radius 2 is 1.76 bits per heavy atom. The average molecular weight is 491 g/mol. The van der Waals surface area contributed by atoms with Crippen LogP contribution in [-0.2, 0) is 0 Å². The van der Waals surface area contributed by atoms with Gasteiger partial charge in [-0.15, -0.1) is 10.2 Å². The van der Waals surface area contributed by atoms with E-state index in [0.717, 1.165) is 22.5 Å². The van der Waals surface area contributed by atoms with E-state index in [9.17, 15) is 4.79 Å². The van der Waals surface area contributed by atoms with E-state index < -0.39 is 5.25 Å². The highest BCUT2D eigenvalue weighted by Crippen LogP contribution is 2.40. The maximum atomic E-state index is 13.6. The van der Waals surface area contributed by atoms with Gasteiger partial charge in [0.2, 0.25) is 5.16 Å². The number of pyridine rings is 1. The zero-order chi connectivity index (χ0) is 23.8. The Labute approximate surface area is 207 Å². The molecule has 7 nitrogen and oxygen atoms in total. The molecule has 172 valence electrons. The highest BCUT2D eigenvalue weighted by Gasteiger charge is 2.38. The Morgan fingerprint density at radius 3 is 2.41 bits per heavy atom. The van der Waals surface area contributed by atoms with Crippen LogP contribution in [0.1, 0.15) is 27.7 Å². The van der Waals surface area contributed by atoms with Crippen LogP contribution in [0.5, 0.6) is 0 Å². The number of aromatic nitrogens is 4. The molecule has 1 aliphatic rings. The van der Waals surface area contributed by atoms with Gasteiger partial charge < -0.3 is 10.3 Å². The van der Waals surface area contributed by atoms with Gasteiger partial charge >= 0.3 is 0 Å². The van der Waals surface area contributed by atoms with Gasteiger partial charge in [0.05, 0.1) is 6.04 Å². The van der Waals surface area contributed by atoms with Crippen molar-refractivity contribution < 1.29 is 4.79 Å². The van der Waals surface area contributed by atoms with E-state index in [2.05, 4.69) is 44.9 Å². The van der Waals surface area contributed by atoms with Gasteiger partial charge in [-0.25, -0.2) is 4.68 Å². The number of rotatable bonds is 5. The van der Waals surface area contributed by atoms with Crippen molar-refractivity contribution in [3.63, 3.8) is 0 Å². The highest BCUT2D eigenvalue weighted by molar-refractivity contribution is 8.00. The molecule has 0 amide bonds. The Bertz CT molecular complexity index is 1320. The first-order valence-electron chi connectivity index (χ1n) is 10.8. The summed E-state index contributed by atoms with van der Waals surface area (Å²) in [4.78, 5) is 20.1. The van der Waals surface area contributed by atoms with Crippen molar-refractivity contribution >= 4 is 34.8 Å². The minimum absolute atomic E-state index is 0.00338. The van der Waals surface area contributed by atoms with Crippen molar-refractivity contribution in [3.05, 3.63) is 88.7 Å². The summed E-state index contributed by atoms with van der Waals surface area (Å²) in [7, 11) is 4.00. The molecular formula is C25H23ClN6OS. The molecule has 0 radical (unpaired) electrons. The van der Waals surface area contributed by atoms with Crippen molar-refractivity contribution in [3.8, 4) is 11.4 Å². The SMILES string of the molecule is Cc1ccc(-c2nnc3n2NC(c2ccc(N(C)C)cc2)C(C(=O)c2ccc(Cl)cc2)S3)cn1. The second-order valence-electron chi connectivity index (χ2n) is 8.33. The van der Waals surface area contributed by atoms with Gasteiger partial charge in [-0.1, -0.05) is 35.5 Å². The summed E-state index contributed by atoms with van der Waals surface area (Å²) in [6, 6.07) is 18.8. The van der Waals surface area contributed by atoms with Crippen LogP contribution in [0.15, 0.2) is 72.0 Å². The molecule has 0 saturated carbocycles. The van der Waals surface area contributed by atoms with Gasteiger partial charge in [-0.3, -0.25) is 9.78 Å². The van der Waals surface area contributed by atoms with Gasteiger partial charge in [-0.2, -0.15) is 0 Å². The van der Waals surface area contributed by atoms with E-state index in [-0.39, 0.29) is 11.8 Å². The lowest BCUT2D eigenvalue weighted by molar-refractivity contribution is 0.0980. The molecule has 0 aliphatic carbocycles. The topological polar surface area (TPSA) is 75.9 Å². The molecule has 3 heterocycles. The molecule has 5 rings (SSSR count). The first-order chi connectivity index (χ1) is 16.4. The van der Waals surface area contributed by atoms with Crippen molar-refractivity contribution in [1.82, 2.24) is 19.9 Å². The maximum Gasteiger partial charge on any atom is 0.211 e. The van der Waals surface area contributed by atoms with Gasteiger partial charge in [0, 0.05) is 47.8 Å². The van der Waals surface area contributed by atoms with Crippen LogP contribution in [0.4, 0.5) is 5.69 Å². The quantitative estimate of drug-likeness (QED) is 0.394. The lowest BCUT2D eigenvalue weighted by atomic mass is 9.97. The summed E-state index contributed by atoms with van der Waals surface area (Å²) >= 11 is 7.45. The number of ketones is 1. The van der Waals surface area contributed by atoms with E-state index in [1.807, 2.05) is 42.7 Å². The number of carbonyl (C=O) groups is 1. The molecule has 34 heavy (non-hydrogen) atoms. The fourth-order valence-electron chi connectivity index (χ4n) is 3.85. The molecule has 1 N–H and O–H groups in total. The largest absolute Gasteiger partial charge is 0.378 e. The van der Waals surface area contributed by atoms with Crippen molar-refractivity contribution in [2.45, 2.75) is 23.4 Å². The predicted octanol–water partition coefficient (Wildman–Crippen LogP) is 5.01. The molecular weight excluding hydrogens is 468 g/mol. The minimum atomic E-state index is -0.438. The molecule has 0 saturated heterocycles. The summed E-state index contributed by atoms with van der Waals surface area (Å²) < 4.78 is 1.85. The number of Topliss-reactive ketones (excluding diaryl/α,β-unsaturated/α-hetero) is 1. The highest BCUT2D eigenvalue weighted by atomic mass is 35.5. The maximum absolute atomic E-state index is 13.6. The monoisotopic (exact) mass is 490 g/mol. The molecule has 0 bridgehead atoms. The summed E-state index contributed by atoms with van der Waals surface area (Å²) in [6.45, 7) is 1.94. The number of aryl methyl sites for hydroxylation is 1. The van der Waals surface area contributed by atoms with Gasteiger partial charge in [0.15, 0.2) is 11.6 Å². The number of hydrogen-bond acceptors (Lipinski definition) is 7. The second kappa shape index (κ2) is 9.12. The third kappa shape index (κ3) is 4.26. The number of hydrogen-bond donors (Lipinski definition) is 1. The van der Waals surface area contributed by atoms with Crippen LogP contribution >= 0.6 is 23.4 Å². The van der Waals surface area contributed by atoms with Crippen LogP contribution in [0.2, 0.25) is 5.02 Å². The number of nitrogens with zero attached hydrogens (tertiary/aromatic N) is 5. The standard InChI is InChI=1S/C25H23ClN6OS/c1-15-4-5-18(14-27-15)24-28-29-25-32(24)30-21(16-8-12-20(13-9-16)31(2)3)23(34-25)22(33)17-6-10-19(26)11-7-17/h4-14,21,23,30H,1-3H3. The zero-order valence-electron chi connectivity index (χ0n) is 18.9. The van der Waals surface area contributed by atoms with Crippen LogP contribution < -0.4 is 10.3 Å². The Hall–Kier alpha value is -3.36. The van der Waals surface area contributed by atoms with Crippen molar-refractivity contribution in [2.24, 2.45) is 0 Å². The number of thioether (sulfide) groups is 1. The lowest BCUT2D eigenvalue weighted by Crippen LogP contribution is -2.39. The Morgan fingerprint density at radius 1 is 1.03 bits per heavy atom. The molecule has 2 unspecified atom stereocenters. The third-order valence-electron chi connectivity index (χ3n) is 5.76. The summed E-state index contributed by atoms with van der Waals surface area (Å²) in [5.74, 6) is 0.658. The van der Waals surface area contributed by atoms with Gasteiger partial charge in [-0.05, 0) is 61.0 Å². The van der Waals surface area contributed by atoms with E-state index in [1.165, 1.54) is 11.8 Å². The van der Waals surface area contributed by atoms with E-state index in [0.29, 0.717) is 21.6 Å². The van der Waals surface area contributed by atoms with Crippen molar-refractivity contribution in [1.29, 1.82) is 0 Å². The van der Waals surface area contributed by atoms with Gasteiger partial charge in [0.25, 0.3) is 0 Å². The minimum Gasteiger partial charge on any atom is -0.378 e. The molecule has 2 aromatic carbocycles. The Kier molecular flexibility index (Phi) is 6.02. The fourth-order valence-corrected chi connectivity index (χ4v) is 5.13. The zero-order valence-corrected chi connectivity index (χ0v) is 20.5. The van der Waals surface area contributed by atoms with E-state index in [1.54, 1.807) is 30.5 Å². The molecule has 4 aromatic rings. The smallest absolute Gasteiger partial charge is 0.211 e. The second-order valence-corrected chi connectivity index (χ2v) is 9.88. The molecule has 1 aliphatic heterocycles. The van der Waals surface area contributed by atoms with Gasteiger partial charge in [0.1, 0.15) is 5.25 Å². The van der Waals surface area contributed by atoms with Crippen LogP contribution in [-0.4, -0.2) is 45.0 Å². The van der Waals surface area contributed by atoms with Crippen molar-refractivity contribution in [2.75, 3.05) is 24.4 Å². The first kappa shape index (κ1) is 22.4. The number of nitrogens with one attached hydrogen (secondary N) is 1. The Balaban J connectivity index is 1.56. The number of carbonyl (C=O) groups excluding carboxylic acids is 1. The average Bonchev–Trinajstić information content (AvgIpc) is 3.27. The molecule has 2 aromatic heterocycles. The number of halogens is 1. The molecule has 0 spiro atoms. The number of fused-ring (bicyclic) bond motifs is 1.